The smallest absolute Gasteiger partial charge is 0.251 e. The predicted octanol–water partition coefficient (Wildman–Crippen LogP) is 4.51. The van der Waals surface area contributed by atoms with Crippen molar-refractivity contribution in [3.8, 4) is 0 Å². The number of anilines is 1. The van der Waals surface area contributed by atoms with Crippen LogP contribution in [0, 0.1) is 6.92 Å². The summed E-state index contributed by atoms with van der Waals surface area (Å²) in [4.78, 5) is 15.0. The van der Waals surface area contributed by atoms with E-state index in [1.54, 1.807) is 0 Å². The number of thiocarbonyl (C=S) groups is 1. The molecule has 2 aromatic rings. The van der Waals surface area contributed by atoms with Gasteiger partial charge < -0.3 is 15.5 Å². The van der Waals surface area contributed by atoms with Crippen LogP contribution in [0.1, 0.15) is 48.0 Å². The molecule has 28 heavy (non-hydrogen) atoms. The molecule has 2 N–H and O–H groups in total. The summed E-state index contributed by atoms with van der Waals surface area (Å²) in [5.41, 5.74) is 2.93. The maximum Gasteiger partial charge on any atom is 0.251 e. The molecule has 0 spiro atoms. The average molecular weight is 394 g/mol. The molecule has 2 aliphatic rings. The number of aryl methyl sites for hydroxylation is 1. The third kappa shape index (κ3) is 4.20. The molecular formula is C23H27N3OS. The summed E-state index contributed by atoms with van der Waals surface area (Å²) >= 11 is 5.75. The van der Waals surface area contributed by atoms with E-state index in [-0.39, 0.29) is 11.9 Å². The van der Waals surface area contributed by atoms with Crippen molar-refractivity contribution in [2.45, 2.75) is 57.2 Å². The van der Waals surface area contributed by atoms with Gasteiger partial charge >= 0.3 is 0 Å². The number of fused-ring (bicyclic) bond motifs is 2. The summed E-state index contributed by atoms with van der Waals surface area (Å²) in [6.07, 6.45) is 5.39. The van der Waals surface area contributed by atoms with Crippen molar-refractivity contribution in [2.75, 3.05) is 5.32 Å². The number of para-hydroxylation sites is 1. The van der Waals surface area contributed by atoms with Gasteiger partial charge in [-0.05, 0) is 75.5 Å². The summed E-state index contributed by atoms with van der Waals surface area (Å²) in [6, 6.07) is 18.9. The number of carbonyl (C=O) groups is 1. The van der Waals surface area contributed by atoms with Crippen LogP contribution in [0.3, 0.4) is 0 Å². The van der Waals surface area contributed by atoms with Gasteiger partial charge in [-0.25, -0.2) is 0 Å². The number of nitrogens with one attached hydrogen (secondary N) is 2. The molecule has 2 heterocycles. The van der Waals surface area contributed by atoms with Gasteiger partial charge in [0, 0.05) is 29.4 Å². The van der Waals surface area contributed by atoms with E-state index in [0.29, 0.717) is 12.1 Å². The molecule has 0 radical (unpaired) electrons. The number of hydrogen-bond acceptors (Lipinski definition) is 2. The Kier molecular flexibility index (Phi) is 5.62. The second-order valence-corrected chi connectivity index (χ2v) is 8.34. The molecule has 4 rings (SSSR count). The van der Waals surface area contributed by atoms with Crippen molar-refractivity contribution in [2.24, 2.45) is 0 Å². The highest BCUT2D eigenvalue weighted by atomic mass is 32.1. The monoisotopic (exact) mass is 393 g/mol. The molecule has 2 fully saturated rings. The van der Waals surface area contributed by atoms with E-state index in [1.807, 2.05) is 61.5 Å². The molecule has 1 unspecified atom stereocenters. The SMILES string of the molecule is Cc1ccc(C(=O)NC2C[C@H]3CCC[C@@H](C2)N3C(=S)Nc2ccccc2)cc1. The first-order chi connectivity index (χ1) is 13.6. The number of piperidine rings is 2. The zero-order valence-electron chi connectivity index (χ0n) is 16.2. The number of carbonyl (C=O) groups excluding carboxylic acids is 1. The van der Waals surface area contributed by atoms with Crippen molar-refractivity contribution in [3.63, 3.8) is 0 Å². The zero-order chi connectivity index (χ0) is 19.5. The molecule has 146 valence electrons. The van der Waals surface area contributed by atoms with Crippen LogP contribution < -0.4 is 10.6 Å². The minimum Gasteiger partial charge on any atom is -0.349 e. The number of hydrogen-bond donors (Lipinski definition) is 2. The zero-order valence-corrected chi connectivity index (χ0v) is 17.0. The third-order valence-electron chi connectivity index (χ3n) is 5.88. The molecule has 2 aromatic carbocycles. The van der Waals surface area contributed by atoms with Crippen molar-refractivity contribution < 1.29 is 4.79 Å². The molecule has 4 nitrogen and oxygen atoms in total. The van der Waals surface area contributed by atoms with Crippen molar-refractivity contribution in [1.82, 2.24) is 10.2 Å². The number of amides is 1. The summed E-state index contributed by atoms with van der Waals surface area (Å²) in [5, 5.41) is 7.47. The van der Waals surface area contributed by atoms with Crippen LogP contribution in [-0.2, 0) is 0 Å². The molecule has 2 aliphatic heterocycles. The van der Waals surface area contributed by atoms with Crippen molar-refractivity contribution in [3.05, 3.63) is 65.7 Å². The Morgan fingerprint density at radius 1 is 1.00 bits per heavy atom. The number of rotatable bonds is 3. The Labute approximate surface area is 172 Å². The largest absolute Gasteiger partial charge is 0.349 e. The molecule has 2 bridgehead atoms. The first-order valence-corrected chi connectivity index (χ1v) is 10.5. The Bertz CT molecular complexity index is 823. The average Bonchev–Trinajstić information content (AvgIpc) is 2.68. The summed E-state index contributed by atoms with van der Waals surface area (Å²) in [5.74, 6) is 0.0292. The maximum absolute atomic E-state index is 12.6. The van der Waals surface area contributed by atoms with Gasteiger partial charge in [-0.1, -0.05) is 35.9 Å². The minimum atomic E-state index is 0.0292. The lowest BCUT2D eigenvalue weighted by molar-refractivity contribution is 0.0755. The topological polar surface area (TPSA) is 44.4 Å². The summed E-state index contributed by atoms with van der Waals surface area (Å²) in [6.45, 7) is 2.03. The minimum absolute atomic E-state index is 0.0292. The van der Waals surface area contributed by atoms with Gasteiger partial charge in [0.25, 0.3) is 5.91 Å². The third-order valence-corrected chi connectivity index (χ3v) is 6.20. The first kappa shape index (κ1) is 18.9. The fraction of sp³-hybridized carbons (Fsp3) is 0.391. The molecule has 5 heteroatoms. The number of nitrogens with zero attached hydrogens (tertiary/aromatic N) is 1. The quantitative estimate of drug-likeness (QED) is 0.753. The highest BCUT2D eigenvalue weighted by molar-refractivity contribution is 7.80. The lowest BCUT2D eigenvalue weighted by Gasteiger charge is -2.50. The van der Waals surface area contributed by atoms with Crippen molar-refractivity contribution >= 4 is 28.9 Å². The standard InChI is InChI=1S/C23H27N3OS/c1-16-10-12-17(13-11-16)22(27)24-19-14-20-8-5-9-21(15-19)26(20)23(28)25-18-6-3-2-4-7-18/h2-4,6-7,10-13,19-21H,5,8-9,14-15H2,1H3,(H,24,27)(H,25,28)/t19?,20-,21+. The van der Waals surface area contributed by atoms with Gasteiger partial charge in [-0.3, -0.25) is 4.79 Å². The fourth-order valence-corrected chi connectivity index (χ4v) is 4.93. The van der Waals surface area contributed by atoms with E-state index < -0.39 is 0 Å². The van der Waals surface area contributed by atoms with Gasteiger partial charge in [-0.15, -0.1) is 0 Å². The van der Waals surface area contributed by atoms with E-state index in [4.69, 9.17) is 12.2 Å². The number of benzene rings is 2. The Morgan fingerprint density at radius 2 is 1.64 bits per heavy atom. The molecule has 3 atom stereocenters. The Balaban J connectivity index is 1.41. The molecule has 0 aromatic heterocycles. The van der Waals surface area contributed by atoms with Crippen LogP contribution in [-0.4, -0.2) is 34.0 Å². The highest BCUT2D eigenvalue weighted by Gasteiger charge is 2.40. The normalized spacial score (nSPS) is 23.8. The van der Waals surface area contributed by atoms with Crippen LogP contribution in [0.2, 0.25) is 0 Å². The second kappa shape index (κ2) is 8.31. The van der Waals surface area contributed by atoms with Gasteiger partial charge in [0.1, 0.15) is 0 Å². The summed E-state index contributed by atoms with van der Waals surface area (Å²) in [7, 11) is 0. The Hall–Kier alpha value is -2.40. The van der Waals surface area contributed by atoms with Gasteiger partial charge in [0.2, 0.25) is 0 Å². The second-order valence-electron chi connectivity index (χ2n) is 7.95. The lowest BCUT2D eigenvalue weighted by atomic mass is 9.82. The van der Waals surface area contributed by atoms with Crippen LogP contribution in [0.5, 0.6) is 0 Å². The van der Waals surface area contributed by atoms with Crippen LogP contribution in [0.4, 0.5) is 5.69 Å². The predicted molar refractivity (Wildman–Crippen MR) is 118 cm³/mol. The van der Waals surface area contributed by atoms with E-state index in [2.05, 4.69) is 15.5 Å². The van der Waals surface area contributed by atoms with Crippen LogP contribution >= 0.6 is 12.2 Å². The first-order valence-electron chi connectivity index (χ1n) is 10.1. The van der Waals surface area contributed by atoms with E-state index in [1.165, 1.54) is 12.0 Å². The van der Waals surface area contributed by atoms with Crippen LogP contribution in [0.25, 0.3) is 0 Å². The molecular weight excluding hydrogens is 366 g/mol. The maximum atomic E-state index is 12.6. The molecule has 0 aliphatic carbocycles. The van der Waals surface area contributed by atoms with E-state index in [9.17, 15) is 4.79 Å². The molecule has 0 saturated carbocycles. The van der Waals surface area contributed by atoms with Crippen LogP contribution in [0.15, 0.2) is 54.6 Å². The van der Waals surface area contributed by atoms with Gasteiger partial charge in [-0.2, -0.15) is 0 Å². The van der Waals surface area contributed by atoms with Gasteiger partial charge in [0.15, 0.2) is 5.11 Å². The highest BCUT2D eigenvalue weighted by Crippen LogP contribution is 2.34. The lowest BCUT2D eigenvalue weighted by Crippen LogP contribution is -2.59. The fourth-order valence-electron chi connectivity index (χ4n) is 4.51. The Morgan fingerprint density at radius 3 is 2.29 bits per heavy atom. The van der Waals surface area contributed by atoms with Gasteiger partial charge in [0.05, 0.1) is 0 Å². The van der Waals surface area contributed by atoms with Crippen molar-refractivity contribution in [1.29, 1.82) is 0 Å². The molecule has 2 saturated heterocycles. The van der Waals surface area contributed by atoms with E-state index >= 15 is 0 Å². The summed E-state index contributed by atoms with van der Waals surface area (Å²) < 4.78 is 0. The van der Waals surface area contributed by atoms with E-state index in [0.717, 1.165) is 42.0 Å². The molecule has 1 amide bonds.